The Morgan fingerprint density at radius 3 is 2.53 bits per heavy atom. The molecule has 2 aromatic rings. The van der Waals surface area contributed by atoms with Crippen LogP contribution in [0.3, 0.4) is 0 Å². The summed E-state index contributed by atoms with van der Waals surface area (Å²) in [4.78, 5) is 12.6. The van der Waals surface area contributed by atoms with Gasteiger partial charge in [0, 0.05) is 11.3 Å². The minimum absolute atomic E-state index is 0.0905. The maximum absolute atomic E-state index is 12.6. The fraction of sp³-hybridized carbons (Fsp3) is 0.438. The quantitative estimate of drug-likeness (QED) is 0.894. The Hall–Kier alpha value is -1.77. The van der Waals surface area contributed by atoms with Gasteiger partial charge >= 0.3 is 0 Å². The van der Waals surface area contributed by atoms with E-state index in [0.717, 1.165) is 35.3 Å². The molecule has 0 spiro atoms. The molecule has 1 aromatic carbocycles. The highest BCUT2D eigenvalue weighted by Crippen LogP contribution is 2.18. The number of H-pyrrole nitrogens is 1. The molecular weight excluding hydrogens is 236 g/mol. The van der Waals surface area contributed by atoms with E-state index < -0.39 is 0 Å². The Balaban J connectivity index is 2.63. The van der Waals surface area contributed by atoms with Crippen LogP contribution in [0.15, 0.2) is 29.1 Å². The van der Waals surface area contributed by atoms with Crippen molar-refractivity contribution in [2.24, 2.45) is 0 Å². The highest BCUT2D eigenvalue weighted by atomic mass is 16.1. The number of hydrogen-bond acceptors (Lipinski definition) is 1. The Kier molecular flexibility index (Phi) is 3.93. The summed E-state index contributed by atoms with van der Waals surface area (Å²) in [7, 11) is 0. The standard InChI is InChI=1S/C16H22N2O/c1-5-8-13-15(11(2)3)16(19)18(17-13)14-10-7-6-9-12(14)4/h6-7,9-11,17H,5,8H2,1-4H3. The number of benzene rings is 1. The normalized spacial score (nSPS) is 11.2. The number of rotatable bonds is 4. The number of aromatic nitrogens is 2. The SMILES string of the molecule is CCCc1[nH]n(-c2ccccc2C)c(=O)c1C(C)C. The fourth-order valence-electron chi connectivity index (χ4n) is 2.52. The second kappa shape index (κ2) is 5.47. The first-order valence-corrected chi connectivity index (χ1v) is 6.96. The van der Waals surface area contributed by atoms with Crippen molar-refractivity contribution in [2.75, 3.05) is 0 Å². The van der Waals surface area contributed by atoms with Gasteiger partial charge in [0.25, 0.3) is 5.56 Å². The summed E-state index contributed by atoms with van der Waals surface area (Å²) >= 11 is 0. The van der Waals surface area contributed by atoms with Gasteiger partial charge in [0.05, 0.1) is 5.69 Å². The van der Waals surface area contributed by atoms with Gasteiger partial charge in [0.15, 0.2) is 0 Å². The molecule has 1 heterocycles. The van der Waals surface area contributed by atoms with Crippen molar-refractivity contribution in [1.29, 1.82) is 0 Å². The van der Waals surface area contributed by atoms with Gasteiger partial charge < -0.3 is 0 Å². The molecule has 0 aliphatic heterocycles. The lowest BCUT2D eigenvalue weighted by Crippen LogP contribution is -2.18. The monoisotopic (exact) mass is 258 g/mol. The molecule has 3 heteroatoms. The summed E-state index contributed by atoms with van der Waals surface area (Å²) in [5.41, 5.74) is 4.13. The second-order valence-corrected chi connectivity index (χ2v) is 5.34. The van der Waals surface area contributed by atoms with Crippen LogP contribution in [0, 0.1) is 6.92 Å². The van der Waals surface area contributed by atoms with Crippen LogP contribution in [-0.2, 0) is 6.42 Å². The first-order chi connectivity index (χ1) is 9.06. The second-order valence-electron chi connectivity index (χ2n) is 5.34. The Morgan fingerprint density at radius 2 is 1.95 bits per heavy atom. The van der Waals surface area contributed by atoms with Gasteiger partial charge in [-0.15, -0.1) is 0 Å². The molecule has 0 saturated carbocycles. The summed E-state index contributed by atoms with van der Waals surface area (Å²) in [6, 6.07) is 7.96. The molecule has 0 bridgehead atoms. The van der Waals surface area contributed by atoms with E-state index in [0.29, 0.717) is 0 Å². The summed E-state index contributed by atoms with van der Waals surface area (Å²) < 4.78 is 1.69. The van der Waals surface area contributed by atoms with Crippen molar-refractivity contribution >= 4 is 0 Å². The molecular formula is C16H22N2O. The van der Waals surface area contributed by atoms with Crippen molar-refractivity contribution in [3.8, 4) is 5.69 Å². The average molecular weight is 258 g/mol. The van der Waals surface area contributed by atoms with Gasteiger partial charge in [-0.2, -0.15) is 0 Å². The average Bonchev–Trinajstić information content (AvgIpc) is 2.67. The predicted molar refractivity (Wildman–Crippen MR) is 79.2 cm³/mol. The number of aryl methyl sites for hydroxylation is 2. The van der Waals surface area contributed by atoms with Crippen molar-refractivity contribution in [1.82, 2.24) is 9.78 Å². The molecule has 0 aliphatic rings. The third-order valence-electron chi connectivity index (χ3n) is 3.44. The van der Waals surface area contributed by atoms with E-state index in [1.54, 1.807) is 4.68 Å². The minimum Gasteiger partial charge on any atom is -0.295 e. The van der Waals surface area contributed by atoms with E-state index in [1.807, 2.05) is 31.2 Å². The van der Waals surface area contributed by atoms with E-state index in [4.69, 9.17) is 0 Å². The molecule has 0 fully saturated rings. The Bertz CT molecular complexity index is 620. The van der Waals surface area contributed by atoms with Gasteiger partial charge in [0.2, 0.25) is 0 Å². The maximum Gasteiger partial charge on any atom is 0.274 e. The predicted octanol–water partition coefficient (Wildman–Crippen LogP) is 3.55. The van der Waals surface area contributed by atoms with E-state index in [2.05, 4.69) is 25.9 Å². The zero-order valence-electron chi connectivity index (χ0n) is 12.2. The van der Waals surface area contributed by atoms with Crippen LogP contribution in [0.4, 0.5) is 0 Å². The molecule has 1 N–H and O–H groups in total. The molecule has 0 aliphatic carbocycles. The zero-order chi connectivity index (χ0) is 14.0. The number of nitrogens with zero attached hydrogens (tertiary/aromatic N) is 1. The highest BCUT2D eigenvalue weighted by Gasteiger charge is 2.17. The number of nitrogens with one attached hydrogen (secondary N) is 1. The van der Waals surface area contributed by atoms with Gasteiger partial charge in [-0.1, -0.05) is 45.4 Å². The molecule has 3 nitrogen and oxygen atoms in total. The summed E-state index contributed by atoms with van der Waals surface area (Å²) in [6.45, 7) is 8.31. The fourth-order valence-corrected chi connectivity index (χ4v) is 2.52. The van der Waals surface area contributed by atoms with Gasteiger partial charge in [0.1, 0.15) is 0 Å². The van der Waals surface area contributed by atoms with Gasteiger partial charge in [-0.3, -0.25) is 9.89 Å². The van der Waals surface area contributed by atoms with E-state index in [1.165, 1.54) is 0 Å². The minimum atomic E-state index is 0.0905. The number of hydrogen-bond donors (Lipinski definition) is 1. The van der Waals surface area contributed by atoms with Crippen molar-refractivity contribution in [3.63, 3.8) is 0 Å². The highest BCUT2D eigenvalue weighted by molar-refractivity contribution is 5.40. The first-order valence-electron chi connectivity index (χ1n) is 6.96. The molecule has 102 valence electrons. The topological polar surface area (TPSA) is 37.8 Å². The third kappa shape index (κ3) is 2.50. The summed E-state index contributed by atoms with van der Waals surface area (Å²) in [6.07, 6.45) is 1.95. The lowest BCUT2D eigenvalue weighted by atomic mass is 10.0. The zero-order valence-corrected chi connectivity index (χ0v) is 12.2. The lowest BCUT2D eigenvalue weighted by molar-refractivity contribution is 0.785. The largest absolute Gasteiger partial charge is 0.295 e. The van der Waals surface area contributed by atoms with Crippen LogP contribution in [0.1, 0.15) is 49.9 Å². The molecule has 0 atom stereocenters. The van der Waals surface area contributed by atoms with Crippen molar-refractivity contribution < 1.29 is 0 Å². The number of aromatic amines is 1. The number of para-hydroxylation sites is 1. The Morgan fingerprint density at radius 1 is 1.26 bits per heavy atom. The van der Waals surface area contributed by atoms with Crippen LogP contribution in [0.2, 0.25) is 0 Å². The van der Waals surface area contributed by atoms with Crippen molar-refractivity contribution in [2.45, 2.75) is 46.5 Å². The first kappa shape index (κ1) is 13.7. The van der Waals surface area contributed by atoms with Crippen LogP contribution in [-0.4, -0.2) is 9.78 Å². The smallest absolute Gasteiger partial charge is 0.274 e. The Labute approximate surface area is 114 Å². The van der Waals surface area contributed by atoms with Gasteiger partial charge in [-0.05, 0) is 30.9 Å². The van der Waals surface area contributed by atoms with Crippen LogP contribution >= 0.6 is 0 Å². The van der Waals surface area contributed by atoms with E-state index >= 15 is 0 Å². The molecule has 0 radical (unpaired) electrons. The molecule has 0 amide bonds. The van der Waals surface area contributed by atoms with Gasteiger partial charge in [-0.25, -0.2) is 4.68 Å². The molecule has 1 aromatic heterocycles. The summed E-state index contributed by atoms with van der Waals surface area (Å²) in [5.74, 6) is 0.246. The van der Waals surface area contributed by atoms with Crippen LogP contribution in [0.5, 0.6) is 0 Å². The molecule has 19 heavy (non-hydrogen) atoms. The molecule has 2 rings (SSSR count). The van der Waals surface area contributed by atoms with E-state index in [-0.39, 0.29) is 11.5 Å². The molecule has 0 saturated heterocycles. The third-order valence-corrected chi connectivity index (χ3v) is 3.44. The maximum atomic E-state index is 12.6. The van der Waals surface area contributed by atoms with Crippen molar-refractivity contribution in [3.05, 3.63) is 51.4 Å². The summed E-state index contributed by atoms with van der Waals surface area (Å²) in [5, 5.41) is 3.29. The molecule has 0 unspecified atom stereocenters. The lowest BCUT2D eigenvalue weighted by Gasteiger charge is -2.05. The van der Waals surface area contributed by atoms with E-state index in [9.17, 15) is 4.79 Å². The van der Waals surface area contributed by atoms with Crippen LogP contribution < -0.4 is 5.56 Å². The van der Waals surface area contributed by atoms with Crippen LogP contribution in [0.25, 0.3) is 5.69 Å².